The SMILES string of the molecule is CC[C@H]1CC[C@H](CN2Cc3cc(F)c(OCc4ccccc4)c(F)c3C2=O)CC1. The molecule has 0 N–H and O–H groups in total. The van der Waals surface area contributed by atoms with Gasteiger partial charge in [-0.05, 0) is 41.9 Å². The van der Waals surface area contributed by atoms with Gasteiger partial charge in [0.1, 0.15) is 6.61 Å². The number of ether oxygens (including phenoxy) is 1. The summed E-state index contributed by atoms with van der Waals surface area (Å²) in [7, 11) is 0. The summed E-state index contributed by atoms with van der Waals surface area (Å²) in [6.07, 6.45) is 5.78. The number of hydrogen-bond donors (Lipinski definition) is 0. The lowest BCUT2D eigenvalue weighted by atomic mass is 9.80. The lowest BCUT2D eigenvalue weighted by Crippen LogP contribution is -2.32. The largest absolute Gasteiger partial charge is 0.483 e. The van der Waals surface area contributed by atoms with Crippen LogP contribution >= 0.6 is 0 Å². The molecule has 1 fully saturated rings. The van der Waals surface area contributed by atoms with Gasteiger partial charge in [-0.3, -0.25) is 4.79 Å². The highest BCUT2D eigenvalue weighted by molar-refractivity contribution is 5.99. The number of rotatable bonds is 6. The van der Waals surface area contributed by atoms with Crippen LogP contribution in [0.2, 0.25) is 0 Å². The fourth-order valence-electron chi connectivity index (χ4n) is 4.58. The van der Waals surface area contributed by atoms with Crippen molar-refractivity contribution in [2.24, 2.45) is 11.8 Å². The molecule has 1 amide bonds. The van der Waals surface area contributed by atoms with E-state index < -0.39 is 17.4 Å². The molecule has 0 aromatic heterocycles. The van der Waals surface area contributed by atoms with E-state index in [9.17, 15) is 9.18 Å². The molecule has 0 atom stereocenters. The zero-order valence-electron chi connectivity index (χ0n) is 16.8. The van der Waals surface area contributed by atoms with Crippen LogP contribution in [-0.4, -0.2) is 17.4 Å². The summed E-state index contributed by atoms with van der Waals surface area (Å²) in [4.78, 5) is 14.5. The quantitative estimate of drug-likeness (QED) is 0.622. The minimum Gasteiger partial charge on any atom is -0.483 e. The van der Waals surface area contributed by atoms with E-state index in [0.717, 1.165) is 24.3 Å². The van der Waals surface area contributed by atoms with Gasteiger partial charge in [0, 0.05) is 13.1 Å². The molecule has 1 aliphatic carbocycles. The third kappa shape index (κ3) is 4.14. The molecule has 4 rings (SSSR count). The molecule has 0 spiro atoms. The number of amides is 1. The van der Waals surface area contributed by atoms with Gasteiger partial charge in [-0.15, -0.1) is 0 Å². The van der Waals surface area contributed by atoms with E-state index in [0.29, 0.717) is 18.0 Å². The van der Waals surface area contributed by atoms with Gasteiger partial charge in [-0.2, -0.15) is 0 Å². The maximum absolute atomic E-state index is 15.0. The summed E-state index contributed by atoms with van der Waals surface area (Å²) in [5, 5.41) is 0. The second-order valence-corrected chi connectivity index (χ2v) is 8.29. The predicted molar refractivity (Wildman–Crippen MR) is 108 cm³/mol. The third-order valence-electron chi connectivity index (χ3n) is 6.37. The van der Waals surface area contributed by atoms with E-state index in [-0.39, 0.29) is 24.6 Å². The molecule has 3 nitrogen and oxygen atoms in total. The molecule has 1 aliphatic heterocycles. The maximum atomic E-state index is 15.0. The zero-order chi connectivity index (χ0) is 20.4. The van der Waals surface area contributed by atoms with Gasteiger partial charge in [0.25, 0.3) is 5.91 Å². The van der Waals surface area contributed by atoms with Crippen molar-refractivity contribution in [1.82, 2.24) is 4.90 Å². The fourth-order valence-corrected chi connectivity index (χ4v) is 4.58. The van der Waals surface area contributed by atoms with Gasteiger partial charge in [-0.1, -0.05) is 56.5 Å². The van der Waals surface area contributed by atoms with Crippen LogP contribution in [0.25, 0.3) is 0 Å². The van der Waals surface area contributed by atoms with Crippen LogP contribution in [-0.2, 0) is 13.2 Å². The minimum atomic E-state index is -0.877. The lowest BCUT2D eigenvalue weighted by molar-refractivity contribution is 0.0725. The first-order valence-corrected chi connectivity index (χ1v) is 10.5. The first-order valence-electron chi connectivity index (χ1n) is 10.5. The van der Waals surface area contributed by atoms with Crippen LogP contribution < -0.4 is 4.74 Å². The van der Waals surface area contributed by atoms with Crippen molar-refractivity contribution in [3.63, 3.8) is 0 Å². The first kappa shape index (κ1) is 19.9. The van der Waals surface area contributed by atoms with E-state index in [1.54, 1.807) is 4.90 Å². The maximum Gasteiger partial charge on any atom is 0.257 e. The Morgan fingerprint density at radius 3 is 2.45 bits per heavy atom. The Kier molecular flexibility index (Phi) is 5.84. The van der Waals surface area contributed by atoms with Crippen LogP contribution in [0.3, 0.4) is 0 Å². The zero-order valence-corrected chi connectivity index (χ0v) is 16.8. The van der Waals surface area contributed by atoms with Crippen molar-refractivity contribution in [1.29, 1.82) is 0 Å². The molecule has 0 unspecified atom stereocenters. The summed E-state index contributed by atoms with van der Waals surface area (Å²) < 4.78 is 34.9. The molecule has 1 saturated carbocycles. The minimum absolute atomic E-state index is 0.0308. The molecule has 2 aromatic carbocycles. The monoisotopic (exact) mass is 399 g/mol. The molecule has 0 radical (unpaired) electrons. The number of fused-ring (bicyclic) bond motifs is 1. The van der Waals surface area contributed by atoms with Crippen molar-refractivity contribution in [2.75, 3.05) is 6.54 Å². The standard InChI is InChI=1S/C24H27F2NO2/c1-2-16-8-10-17(11-9-16)13-27-14-19-12-20(25)23(22(26)21(19)24(27)28)29-15-18-6-4-3-5-7-18/h3-7,12,16-17H,2,8-11,13-15H2,1H3/t16-,17-. The van der Waals surface area contributed by atoms with Crippen LogP contribution in [0.5, 0.6) is 5.75 Å². The third-order valence-corrected chi connectivity index (χ3v) is 6.37. The Morgan fingerprint density at radius 2 is 1.76 bits per heavy atom. The Labute approximate surface area is 170 Å². The second-order valence-electron chi connectivity index (χ2n) is 8.29. The summed E-state index contributed by atoms with van der Waals surface area (Å²) in [5.74, 6) is -1.22. The summed E-state index contributed by atoms with van der Waals surface area (Å²) in [6, 6.07) is 10.4. The van der Waals surface area contributed by atoms with Gasteiger partial charge in [0.05, 0.1) is 5.56 Å². The fraction of sp³-hybridized carbons (Fsp3) is 0.458. The average Bonchev–Trinajstić information content (AvgIpc) is 3.04. The molecule has 2 aromatic rings. The molecule has 2 aliphatic rings. The van der Waals surface area contributed by atoms with Gasteiger partial charge >= 0.3 is 0 Å². The highest BCUT2D eigenvalue weighted by Gasteiger charge is 2.35. The van der Waals surface area contributed by atoms with Crippen LogP contribution in [0.1, 0.15) is 60.5 Å². The molecule has 154 valence electrons. The van der Waals surface area contributed by atoms with Crippen molar-refractivity contribution < 1.29 is 18.3 Å². The molecule has 0 bridgehead atoms. The Hall–Kier alpha value is -2.43. The van der Waals surface area contributed by atoms with Gasteiger partial charge in [-0.25, -0.2) is 8.78 Å². The summed E-state index contributed by atoms with van der Waals surface area (Å²) in [5.41, 5.74) is 1.19. The molecular weight excluding hydrogens is 372 g/mol. The van der Waals surface area contributed by atoms with Gasteiger partial charge in [0.15, 0.2) is 17.4 Å². The summed E-state index contributed by atoms with van der Waals surface area (Å²) >= 11 is 0. The van der Waals surface area contributed by atoms with Crippen molar-refractivity contribution in [3.05, 3.63) is 64.7 Å². The Bertz CT molecular complexity index is 876. The van der Waals surface area contributed by atoms with Gasteiger partial charge in [0.2, 0.25) is 0 Å². The number of carbonyl (C=O) groups excluding carboxylic acids is 1. The van der Waals surface area contributed by atoms with E-state index in [2.05, 4.69) is 6.92 Å². The van der Waals surface area contributed by atoms with E-state index in [1.807, 2.05) is 30.3 Å². The van der Waals surface area contributed by atoms with E-state index in [4.69, 9.17) is 4.74 Å². The topological polar surface area (TPSA) is 29.5 Å². The van der Waals surface area contributed by atoms with Crippen LogP contribution in [0.15, 0.2) is 36.4 Å². The van der Waals surface area contributed by atoms with Gasteiger partial charge < -0.3 is 9.64 Å². The van der Waals surface area contributed by atoms with Crippen molar-refractivity contribution in [3.8, 4) is 5.75 Å². The summed E-state index contributed by atoms with van der Waals surface area (Å²) in [6.45, 7) is 3.16. The number of carbonyl (C=O) groups is 1. The molecule has 29 heavy (non-hydrogen) atoms. The Balaban J connectivity index is 1.47. The molecule has 1 heterocycles. The second kappa shape index (κ2) is 8.52. The number of benzene rings is 2. The van der Waals surface area contributed by atoms with E-state index in [1.165, 1.54) is 25.3 Å². The Morgan fingerprint density at radius 1 is 1.07 bits per heavy atom. The first-order chi connectivity index (χ1) is 14.1. The van der Waals surface area contributed by atoms with Crippen molar-refractivity contribution in [2.45, 2.75) is 52.2 Å². The van der Waals surface area contributed by atoms with Crippen molar-refractivity contribution >= 4 is 5.91 Å². The van der Waals surface area contributed by atoms with Crippen LogP contribution in [0, 0.1) is 23.5 Å². The highest BCUT2D eigenvalue weighted by Crippen LogP contribution is 2.36. The molecule has 5 heteroatoms. The number of halogens is 2. The lowest BCUT2D eigenvalue weighted by Gasteiger charge is -2.30. The predicted octanol–water partition coefficient (Wildman–Crippen LogP) is 5.72. The number of hydrogen-bond acceptors (Lipinski definition) is 2. The normalized spacial score (nSPS) is 21.3. The average molecular weight is 399 g/mol. The molecular formula is C24H27F2NO2. The van der Waals surface area contributed by atoms with Crippen LogP contribution in [0.4, 0.5) is 8.78 Å². The molecule has 0 saturated heterocycles. The number of nitrogens with zero attached hydrogens (tertiary/aromatic N) is 1. The highest BCUT2D eigenvalue weighted by atomic mass is 19.1. The van der Waals surface area contributed by atoms with E-state index >= 15 is 4.39 Å². The smallest absolute Gasteiger partial charge is 0.257 e.